The monoisotopic (exact) mass is 285 g/mol. The second kappa shape index (κ2) is 5.55. The lowest BCUT2D eigenvalue weighted by Crippen LogP contribution is -2.38. The third-order valence-electron chi connectivity index (χ3n) is 3.53. The van der Waals surface area contributed by atoms with Crippen LogP contribution in [0.5, 0.6) is 0 Å². The number of nitrogens with one attached hydrogen (secondary N) is 1. The molecule has 0 unspecified atom stereocenters. The van der Waals surface area contributed by atoms with Crippen LogP contribution < -0.4 is 5.32 Å². The quantitative estimate of drug-likeness (QED) is 0.933. The van der Waals surface area contributed by atoms with Gasteiger partial charge in [-0.15, -0.1) is 10.2 Å². The Morgan fingerprint density at radius 2 is 2.10 bits per heavy atom. The molecular formula is C15H19N5O. The van der Waals surface area contributed by atoms with Gasteiger partial charge in [0.1, 0.15) is 6.33 Å². The van der Waals surface area contributed by atoms with Crippen LogP contribution in [0.1, 0.15) is 30.0 Å². The molecule has 0 atom stereocenters. The number of benzene rings is 1. The van der Waals surface area contributed by atoms with Crippen molar-refractivity contribution in [3.8, 4) is 0 Å². The highest BCUT2D eigenvalue weighted by molar-refractivity contribution is 5.99. The van der Waals surface area contributed by atoms with Crippen LogP contribution >= 0.6 is 0 Å². The van der Waals surface area contributed by atoms with E-state index in [1.807, 2.05) is 33.7 Å². The van der Waals surface area contributed by atoms with Crippen molar-refractivity contribution in [2.24, 2.45) is 0 Å². The van der Waals surface area contributed by atoms with Gasteiger partial charge in [0.2, 0.25) is 0 Å². The van der Waals surface area contributed by atoms with Crippen LogP contribution in [-0.4, -0.2) is 38.2 Å². The molecule has 3 rings (SSSR count). The number of amides is 1. The molecule has 21 heavy (non-hydrogen) atoms. The van der Waals surface area contributed by atoms with Crippen molar-refractivity contribution in [2.75, 3.05) is 11.9 Å². The Morgan fingerprint density at radius 3 is 2.90 bits per heavy atom. The number of anilines is 1. The summed E-state index contributed by atoms with van der Waals surface area (Å²) in [6.07, 6.45) is 1.71. The Kier molecular flexibility index (Phi) is 3.60. The number of rotatable bonds is 3. The number of para-hydroxylation sites is 1. The molecule has 1 aromatic heterocycles. The van der Waals surface area contributed by atoms with Gasteiger partial charge in [-0.05, 0) is 26.0 Å². The SMILES string of the molecule is CC(C)Nc1ccccc1C(=O)N1CCn2cnnc2C1. The maximum Gasteiger partial charge on any atom is 0.256 e. The van der Waals surface area contributed by atoms with Gasteiger partial charge >= 0.3 is 0 Å². The largest absolute Gasteiger partial charge is 0.382 e. The van der Waals surface area contributed by atoms with E-state index in [9.17, 15) is 4.79 Å². The highest BCUT2D eigenvalue weighted by Gasteiger charge is 2.24. The Morgan fingerprint density at radius 1 is 1.29 bits per heavy atom. The summed E-state index contributed by atoms with van der Waals surface area (Å²) in [5.41, 5.74) is 1.59. The van der Waals surface area contributed by atoms with Crippen LogP contribution in [0.25, 0.3) is 0 Å². The summed E-state index contributed by atoms with van der Waals surface area (Å²) in [5.74, 6) is 0.872. The summed E-state index contributed by atoms with van der Waals surface area (Å²) < 4.78 is 1.99. The minimum absolute atomic E-state index is 0.0352. The van der Waals surface area contributed by atoms with Crippen molar-refractivity contribution in [2.45, 2.75) is 33.0 Å². The number of fused-ring (bicyclic) bond motifs is 1. The predicted molar refractivity (Wildman–Crippen MR) is 80.0 cm³/mol. The van der Waals surface area contributed by atoms with Gasteiger partial charge in [0.25, 0.3) is 5.91 Å². The van der Waals surface area contributed by atoms with Gasteiger partial charge in [-0.2, -0.15) is 0 Å². The van der Waals surface area contributed by atoms with E-state index in [-0.39, 0.29) is 11.9 Å². The zero-order chi connectivity index (χ0) is 14.8. The average molecular weight is 285 g/mol. The van der Waals surface area contributed by atoms with Gasteiger partial charge in [-0.1, -0.05) is 12.1 Å². The predicted octanol–water partition coefficient (Wildman–Crippen LogP) is 1.75. The zero-order valence-corrected chi connectivity index (χ0v) is 12.3. The number of aromatic nitrogens is 3. The van der Waals surface area contributed by atoms with Crippen LogP contribution in [0.2, 0.25) is 0 Å². The van der Waals surface area contributed by atoms with Gasteiger partial charge in [-0.25, -0.2) is 0 Å². The standard InChI is InChI=1S/C15H19N5O/c1-11(2)17-13-6-4-3-5-12(13)15(21)19-7-8-20-10-16-18-14(20)9-19/h3-6,10-11,17H,7-9H2,1-2H3. The molecule has 1 aromatic carbocycles. The lowest BCUT2D eigenvalue weighted by molar-refractivity contribution is 0.0708. The Balaban J connectivity index is 1.83. The van der Waals surface area contributed by atoms with E-state index in [1.54, 1.807) is 6.33 Å². The fourth-order valence-electron chi connectivity index (χ4n) is 2.52. The molecule has 0 bridgehead atoms. The van der Waals surface area contributed by atoms with Crippen molar-refractivity contribution in [1.29, 1.82) is 0 Å². The number of hydrogen-bond donors (Lipinski definition) is 1. The molecule has 0 saturated carbocycles. The number of carbonyl (C=O) groups is 1. The van der Waals surface area contributed by atoms with Crippen LogP contribution in [0.3, 0.4) is 0 Å². The summed E-state index contributed by atoms with van der Waals surface area (Å²) in [5, 5.41) is 11.3. The smallest absolute Gasteiger partial charge is 0.256 e. The van der Waals surface area contributed by atoms with Gasteiger partial charge in [0.15, 0.2) is 5.82 Å². The zero-order valence-electron chi connectivity index (χ0n) is 12.3. The first-order chi connectivity index (χ1) is 10.1. The normalized spacial score (nSPS) is 14.1. The van der Waals surface area contributed by atoms with Crippen molar-refractivity contribution >= 4 is 11.6 Å². The molecule has 1 amide bonds. The molecule has 1 N–H and O–H groups in total. The first kappa shape index (κ1) is 13.6. The van der Waals surface area contributed by atoms with Crippen LogP contribution in [0.15, 0.2) is 30.6 Å². The molecule has 1 aliphatic rings. The topological polar surface area (TPSA) is 63.1 Å². The Hall–Kier alpha value is -2.37. The molecule has 0 radical (unpaired) electrons. The molecule has 6 heteroatoms. The van der Waals surface area contributed by atoms with Gasteiger partial charge in [0, 0.05) is 24.8 Å². The van der Waals surface area contributed by atoms with Crippen LogP contribution in [0, 0.1) is 0 Å². The van der Waals surface area contributed by atoms with E-state index in [0.29, 0.717) is 18.7 Å². The van der Waals surface area contributed by atoms with Crippen LogP contribution in [-0.2, 0) is 13.1 Å². The molecular weight excluding hydrogens is 266 g/mol. The van der Waals surface area contributed by atoms with E-state index in [0.717, 1.165) is 18.1 Å². The molecule has 0 spiro atoms. The van der Waals surface area contributed by atoms with E-state index >= 15 is 0 Å². The maximum atomic E-state index is 12.8. The van der Waals surface area contributed by atoms with Gasteiger partial charge in [0.05, 0.1) is 12.1 Å². The molecule has 0 fully saturated rings. The molecule has 0 aliphatic carbocycles. The fraction of sp³-hybridized carbons (Fsp3) is 0.400. The molecule has 110 valence electrons. The third kappa shape index (κ3) is 2.74. The molecule has 0 saturated heterocycles. The van der Waals surface area contributed by atoms with E-state index in [2.05, 4.69) is 29.4 Å². The number of nitrogens with zero attached hydrogens (tertiary/aromatic N) is 4. The minimum Gasteiger partial charge on any atom is -0.382 e. The highest BCUT2D eigenvalue weighted by Crippen LogP contribution is 2.20. The van der Waals surface area contributed by atoms with Crippen molar-refractivity contribution in [1.82, 2.24) is 19.7 Å². The van der Waals surface area contributed by atoms with Gasteiger partial charge in [-0.3, -0.25) is 4.79 Å². The second-order valence-electron chi connectivity index (χ2n) is 5.51. The third-order valence-corrected chi connectivity index (χ3v) is 3.53. The highest BCUT2D eigenvalue weighted by atomic mass is 16.2. The Labute approximate surface area is 123 Å². The summed E-state index contributed by atoms with van der Waals surface area (Å²) >= 11 is 0. The Bertz CT molecular complexity index is 649. The lowest BCUT2D eigenvalue weighted by atomic mass is 10.1. The van der Waals surface area contributed by atoms with E-state index < -0.39 is 0 Å². The summed E-state index contributed by atoms with van der Waals surface area (Å²) in [6, 6.07) is 7.93. The van der Waals surface area contributed by atoms with Crippen molar-refractivity contribution < 1.29 is 4.79 Å². The molecule has 2 aromatic rings. The average Bonchev–Trinajstić information content (AvgIpc) is 2.94. The fourth-order valence-corrected chi connectivity index (χ4v) is 2.52. The first-order valence-electron chi connectivity index (χ1n) is 7.16. The van der Waals surface area contributed by atoms with Crippen molar-refractivity contribution in [3.63, 3.8) is 0 Å². The summed E-state index contributed by atoms with van der Waals surface area (Å²) in [7, 11) is 0. The van der Waals surface area contributed by atoms with E-state index in [4.69, 9.17) is 0 Å². The molecule has 6 nitrogen and oxygen atoms in total. The first-order valence-corrected chi connectivity index (χ1v) is 7.16. The van der Waals surface area contributed by atoms with Gasteiger partial charge < -0.3 is 14.8 Å². The molecule has 1 aliphatic heterocycles. The molecule has 2 heterocycles. The summed E-state index contributed by atoms with van der Waals surface area (Å²) in [6.45, 7) is 6.05. The second-order valence-corrected chi connectivity index (χ2v) is 5.51. The summed E-state index contributed by atoms with van der Waals surface area (Å²) in [4.78, 5) is 14.6. The lowest BCUT2D eigenvalue weighted by Gasteiger charge is -2.28. The van der Waals surface area contributed by atoms with Crippen molar-refractivity contribution in [3.05, 3.63) is 42.0 Å². The number of hydrogen-bond acceptors (Lipinski definition) is 4. The maximum absolute atomic E-state index is 12.8. The number of carbonyl (C=O) groups excluding carboxylic acids is 1. The van der Waals surface area contributed by atoms with E-state index in [1.165, 1.54) is 0 Å². The minimum atomic E-state index is 0.0352. The van der Waals surface area contributed by atoms with Crippen LogP contribution in [0.4, 0.5) is 5.69 Å².